The van der Waals surface area contributed by atoms with Gasteiger partial charge < -0.3 is 0 Å². The average molecular weight is 202 g/mol. The van der Waals surface area contributed by atoms with E-state index in [2.05, 4.69) is 28.1 Å². The van der Waals surface area contributed by atoms with Crippen LogP contribution < -0.4 is 0 Å². The first-order valence-corrected chi connectivity index (χ1v) is 5.21. The summed E-state index contributed by atoms with van der Waals surface area (Å²) < 4.78 is 0. The fourth-order valence-electron chi connectivity index (χ4n) is 1.07. The Bertz CT molecular complexity index is 354. The van der Waals surface area contributed by atoms with Crippen molar-refractivity contribution in [2.45, 2.75) is 39.3 Å². The van der Waals surface area contributed by atoms with Crippen molar-refractivity contribution >= 4 is 6.01 Å². The molecule has 0 bridgehead atoms. The van der Waals surface area contributed by atoms with Crippen LogP contribution in [0.15, 0.2) is 40.3 Å². The second-order valence-electron chi connectivity index (χ2n) is 4.60. The molecule has 0 saturated heterocycles. The number of rotatable bonds is 2. The summed E-state index contributed by atoms with van der Waals surface area (Å²) in [5.74, 6) is 0. The predicted molar refractivity (Wildman–Crippen MR) is 64.5 cm³/mol. The van der Waals surface area contributed by atoms with Crippen molar-refractivity contribution in [2.75, 3.05) is 0 Å². The van der Waals surface area contributed by atoms with E-state index in [-0.39, 0.29) is 11.6 Å². The topological polar surface area (TPSA) is 24.7 Å². The Labute approximate surface area is 91.8 Å². The van der Waals surface area contributed by atoms with Crippen LogP contribution in [-0.4, -0.2) is 11.5 Å². The summed E-state index contributed by atoms with van der Waals surface area (Å²) in [7, 11) is 0. The maximum atomic E-state index is 4.26. The van der Waals surface area contributed by atoms with Crippen LogP contribution >= 0.6 is 0 Å². The standard InChI is InChI=1S/C13H18N2/c1-11(12-8-6-5-7-9-12)14-10-15-13(2,3)4/h5-9,11H,1-4H3. The van der Waals surface area contributed by atoms with Gasteiger partial charge in [-0.3, -0.25) is 0 Å². The quantitative estimate of drug-likeness (QED) is 0.653. The first kappa shape index (κ1) is 11.7. The third-order valence-electron chi connectivity index (χ3n) is 1.92. The van der Waals surface area contributed by atoms with E-state index in [4.69, 9.17) is 0 Å². The summed E-state index contributed by atoms with van der Waals surface area (Å²) >= 11 is 0. The molecule has 2 nitrogen and oxygen atoms in total. The Morgan fingerprint density at radius 3 is 2.27 bits per heavy atom. The Kier molecular flexibility index (Phi) is 3.81. The van der Waals surface area contributed by atoms with Gasteiger partial charge in [-0.2, -0.15) is 0 Å². The molecule has 0 N–H and O–H groups in total. The van der Waals surface area contributed by atoms with Gasteiger partial charge in [0.1, 0.15) is 0 Å². The molecule has 0 radical (unpaired) electrons. The molecule has 0 aromatic heterocycles. The van der Waals surface area contributed by atoms with Crippen molar-refractivity contribution in [3.8, 4) is 0 Å². The monoisotopic (exact) mass is 202 g/mol. The number of aliphatic imine (C=N–C) groups is 2. The van der Waals surface area contributed by atoms with E-state index in [0.29, 0.717) is 0 Å². The Morgan fingerprint density at radius 1 is 1.13 bits per heavy atom. The Balaban J connectivity index is 2.72. The molecule has 0 saturated carbocycles. The molecule has 1 atom stereocenters. The van der Waals surface area contributed by atoms with Crippen LogP contribution in [0.5, 0.6) is 0 Å². The highest BCUT2D eigenvalue weighted by Gasteiger charge is 2.05. The summed E-state index contributed by atoms with van der Waals surface area (Å²) in [4.78, 5) is 8.47. The Hall–Kier alpha value is -1.40. The fraction of sp³-hybridized carbons (Fsp3) is 0.462. The first-order chi connectivity index (χ1) is 6.99. The van der Waals surface area contributed by atoms with Crippen LogP contribution in [0.4, 0.5) is 0 Å². The van der Waals surface area contributed by atoms with Gasteiger partial charge in [0.05, 0.1) is 17.6 Å². The van der Waals surface area contributed by atoms with Crippen molar-refractivity contribution in [1.29, 1.82) is 0 Å². The maximum Gasteiger partial charge on any atom is 0.0904 e. The zero-order chi connectivity index (χ0) is 11.3. The molecule has 0 spiro atoms. The third-order valence-corrected chi connectivity index (χ3v) is 1.92. The molecule has 0 aliphatic carbocycles. The van der Waals surface area contributed by atoms with E-state index in [0.717, 1.165) is 0 Å². The molecule has 0 heterocycles. The molecule has 1 rings (SSSR count). The minimum absolute atomic E-state index is 0.0973. The molecule has 0 fully saturated rings. The number of benzene rings is 1. The zero-order valence-electron chi connectivity index (χ0n) is 9.86. The van der Waals surface area contributed by atoms with E-state index in [1.807, 2.05) is 45.9 Å². The van der Waals surface area contributed by atoms with Crippen molar-refractivity contribution < 1.29 is 0 Å². The fourth-order valence-corrected chi connectivity index (χ4v) is 1.07. The summed E-state index contributed by atoms with van der Waals surface area (Å²) in [6.07, 6.45) is 0. The van der Waals surface area contributed by atoms with E-state index in [1.165, 1.54) is 5.56 Å². The number of hydrogen-bond donors (Lipinski definition) is 0. The lowest BCUT2D eigenvalue weighted by Crippen LogP contribution is -2.08. The van der Waals surface area contributed by atoms with E-state index < -0.39 is 0 Å². The molecule has 15 heavy (non-hydrogen) atoms. The summed E-state index contributed by atoms with van der Waals surface area (Å²) in [6.45, 7) is 8.13. The van der Waals surface area contributed by atoms with Gasteiger partial charge in [0.2, 0.25) is 0 Å². The normalized spacial score (nSPS) is 12.8. The van der Waals surface area contributed by atoms with Gasteiger partial charge in [0.25, 0.3) is 0 Å². The molecule has 0 aliphatic heterocycles. The molecule has 0 aliphatic rings. The third kappa shape index (κ3) is 4.57. The van der Waals surface area contributed by atoms with Gasteiger partial charge in [-0.1, -0.05) is 30.3 Å². The largest absolute Gasteiger partial charge is 0.220 e. The second kappa shape index (κ2) is 4.90. The minimum Gasteiger partial charge on any atom is -0.220 e. The second-order valence-corrected chi connectivity index (χ2v) is 4.60. The van der Waals surface area contributed by atoms with Crippen LogP contribution in [0.3, 0.4) is 0 Å². The Morgan fingerprint density at radius 2 is 1.73 bits per heavy atom. The van der Waals surface area contributed by atoms with Gasteiger partial charge in [0.15, 0.2) is 0 Å². The lowest BCUT2D eigenvalue weighted by molar-refractivity contribution is 0.586. The van der Waals surface area contributed by atoms with Crippen LogP contribution in [0.25, 0.3) is 0 Å². The lowest BCUT2D eigenvalue weighted by atomic mass is 10.1. The highest BCUT2D eigenvalue weighted by atomic mass is 14.9. The molecule has 1 unspecified atom stereocenters. The maximum absolute atomic E-state index is 4.26. The number of nitrogens with zero attached hydrogens (tertiary/aromatic N) is 2. The SMILES string of the molecule is CC(N=C=NC(C)(C)C)c1ccccc1. The summed E-state index contributed by atoms with van der Waals surface area (Å²) in [6, 6.07) is 13.1. The van der Waals surface area contributed by atoms with E-state index >= 15 is 0 Å². The van der Waals surface area contributed by atoms with Gasteiger partial charge in [-0.05, 0) is 33.3 Å². The molecule has 2 heteroatoms. The van der Waals surface area contributed by atoms with Crippen molar-refractivity contribution in [3.63, 3.8) is 0 Å². The summed E-state index contributed by atoms with van der Waals surface area (Å²) in [5, 5.41) is 0. The van der Waals surface area contributed by atoms with Crippen LogP contribution in [-0.2, 0) is 0 Å². The van der Waals surface area contributed by atoms with E-state index in [1.54, 1.807) is 0 Å². The zero-order valence-corrected chi connectivity index (χ0v) is 9.86. The molecule has 1 aromatic carbocycles. The predicted octanol–water partition coefficient (Wildman–Crippen LogP) is 3.72. The molecular formula is C13H18N2. The first-order valence-electron chi connectivity index (χ1n) is 5.21. The van der Waals surface area contributed by atoms with Gasteiger partial charge >= 0.3 is 0 Å². The van der Waals surface area contributed by atoms with E-state index in [9.17, 15) is 0 Å². The smallest absolute Gasteiger partial charge is 0.0904 e. The van der Waals surface area contributed by atoms with Gasteiger partial charge in [0, 0.05) is 0 Å². The molecule has 0 amide bonds. The average Bonchev–Trinajstić information content (AvgIpc) is 2.17. The molecule has 1 aromatic rings. The van der Waals surface area contributed by atoms with Crippen LogP contribution in [0.1, 0.15) is 39.3 Å². The summed E-state index contributed by atoms with van der Waals surface area (Å²) in [5.41, 5.74) is 1.09. The van der Waals surface area contributed by atoms with Gasteiger partial charge in [-0.15, -0.1) is 0 Å². The highest BCUT2D eigenvalue weighted by Crippen LogP contribution is 2.14. The van der Waals surface area contributed by atoms with Crippen LogP contribution in [0, 0.1) is 0 Å². The highest BCUT2D eigenvalue weighted by molar-refractivity contribution is 5.43. The molecular weight excluding hydrogens is 184 g/mol. The van der Waals surface area contributed by atoms with Gasteiger partial charge in [-0.25, -0.2) is 9.98 Å². The minimum atomic E-state index is -0.0973. The number of hydrogen-bond acceptors (Lipinski definition) is 2. The molecule has 80 valence electrons. The van der Waals surface area contributed by atoms with Crippen molar-refractivity contribution in [1.82, 2.24) is 0 Å². The van der Waals surface area contributed by atoms with Crippen molar-refractivity contribution in [3.05, 3.63) is 35.9 Å². The van der Waals surface area contributed by atoms with Crippen molar-refractivity contribution in [2.24, 2.45) is 9.98 Å². The lowest BCUT2D eigenvalue weighted by Gasteiger charge is -2.08. The van der Waals surface area contributed by atoms with Crippen LogP contribution in [0.2, 0.25) is 0 Å².